The molecule has 0 amide bonds. The molecule has 37 heavy (non-hydrogen) atoms. The lowest BCUT2D eigenvalue weighted by molar-refractivity contribution is -0.274. The van der Waals surface area contributed by atoms with Crippen LogP contribution in [-0.4, -0.2) is 54.3 Å². The van der Waals surface area contributed by atoms with E-state index >= 15 is 0 Å². The van der Waals surface area contributed by atoms with Gasteiger partial charge < -0.3 is 30.0 Å². The summed E-state index contributed by atoms with van der Waals surface area (Å²) < 4.78 is 52.3. The van der Waals surface area contributed by atoms with Gasteiger partial charge in [0.15, 0.2) is 0 Å². The molecule has 0 bridgehead atoms. The average molecular weight is 521 g/mol. The number of esters is 1. The number of rotatable bonds is 10. The zero-order valence-electron chi connectivity index (χ0n) is 20.6. The third-order valence-electron chi connectivity index (χ3n) is 5.28. The standard InChI is InChI=1S/C25H27F3N4O5/c1-14(2)20(13-33)31-24-30-19(15-6-5-7-17(10-15)37-25(26,27)28)12-22(32-24)29-16-8-9-18(23(34)36-4)21(11-16)35-3/h5-12,14,20,33H,13H2,1-4H3,(H2,29,30,31,32)/t20-/m1/s1. The maximum atomic E-state index is 12.7. The molecular weight excluding hydrogens is 493 g/mol. The normalized spacial score (nSPS) is 12.1. The first-order valence-electron chi connectivity index (χ1n) is 11.2. The molecule has 198 valence electrons. The number of ether oxygens (including phenoxy) is 3. The summed E-state index contributed by atoms with van der Waals surface area (Å²) in [4.78, 5) is 20.8. The first kappa shape index (κ1) is 27.5. The Labute approximate surface area is 211 Å². The quantitative estimate of drug-likeness (QED) is 0.317. The molecule has 3 N–H and O–H groups in total. The Hall–Kier alpha value is -4.06. The Morgan fingerprint density at radius 2 is 1.84 bits per heavy atom. The highest BCUT2D eigenvalue weighted by molar-refractivity contribution is 5.93. The van der Waals surface area contributed by atoms with Crippen LogP contribution in [0.1, 0.15) is 24.2 Å². The van der Waals surface area contributed by atoms with Crippen molar-refractivity contribution in [2.24, 2.45) is 5.92 Å². The third-order valence-corrected chi connectivity index (χ3v) is 5.28. The van der Waals surface area contributed by atoms with E-state index in [0.29, 0.717) is 22.8 Å². The van der Waals surface area contributed by atoms with Gasteiger partial charge in [-0.25, -0.2) is 9.78 Å². The van der Waals surface area contributed by atoms with Gasteiger partial charge in [-0.05, 0) is 30.2 Å². The number of halogens is 3. The van der Waals surface area contributed by atoms with E-state index in [9.17, 15) is 23.1 Å². The van der Waals surface area contributed by atoms with Crippen LogP contribution in [0.4, 0.5) is 30.6 Å². The van der Waals surface area contributed by atoms with E-state index in [1.807, 2.05) is 13.8 Å². The van der Waals surface area contributed by atoms with Crippen molar-refractivity contribution in [2.45, 2.75) is 26.3 Å². The molecule has 9 nitrogen and oxygen atoms in total. The third kappa shape index (κ3) is 7.46. The van der Waals surface area contributed by atoms with E-state index in [4.69, 9.17) is 9.47 Å². The average Bonchev–Trinajstić information content (AvgIpc) is 2.85. The maximum absolute atomic E-state index is 12.7. The predicted octanol–water partition coefficient (Wildman–Crippen LogP) is 5.01. The largest absolute Gasteiger partial charge is 0.573 e. The van der Waals surface area contributed by atoms with Gasteiger partial charge in [-0.1, -0.05) is 26.0 Å². The lowest BCUT2D eigenvalue weighted by atomic mass is 10.1. The number of carbonyl (C=O) groups excluding carboxylic acids is 1. The monoisotopic (exact) mass is 520 g/mol. The molecule has 3 aromatic rings. The maximum Gasteiger partial charge on any atom is 0.573 e. The fourth-order valence-electron chi connectivity index (χ4n) is 3.36. The van der Waals surface area contributed by atoms with Crippen molar-refractivity contribution in [1.82, 2.24) is 9.97 Å². The Morgan fingerprint density at radius 3 is 2.46 bits per heavy atom. The number of aliphatic hydroxyl groups is 1. The fourth-order valence-corrected chi connectivity index (χ4v) is 3.36. The number of benzene rings is 2. The van der Waals surface area contributed by atoms with Crippen molar-refractivity contribution in [3.05, 3.63) is 54.1 Å². The van der Waals surface area contributed by atoms with E-state index in [0.717, 1.165) is 0 Å². The van der Waals surface area contributed by atoms with Crippen molar-refractivity contribution in [3.63, 3.8) is 0 Å². The van der Waals surface area contributed by atoms with Gasteiger partial charge in [-0.3, -0.25) is 0 Å². The molecule has 2 aromatic carbocycles. The summed E-state index contributed by atoms with van der Waals surface area (Å²) in [5, 5.41) is 15.9. The molecule has 12 heteroatoms. The van der Waals surface area contributed by atoms with Crippen molar-refractivity contribution >= 4 is 23.4 Å². The summed E-state index contributed by atoms with van der Waals surface area (Å²) in [5.74, 6) is -0.222. The van der Waals surface area contributed by atoms with Crippen molar-refractivity contribution in [2.75, 3.05) is 31.5 Å². The molecule has 0 aliphatic heterocycles. The molecule has 0 radical (unpaired) electrons. The Balaban J connectivity index is 2.03. The summed E-state index contributed by atoms with van der Waals surface area (Å²) >= 11 is 0. The van der Waals surface area contributed by atoms with E-state index in [1.165, 1.54) is 38.5 Å². The van der Waals surface area contributed by atoms with Crippen LogP contribution in [0.25, 0.3) is 11.3 Å². The molecule has 0 saturated heterocycles. The van der Waals surface area contributed by atoms with Gasteiger partial charge in [-0.15, -0.1) is 13.2 Å². The SMILES string of the molecule is COC(=O)c1ccc(Nc2cc(-c3cccc(OC(F)(F)F)c3)nc(N[C@H](CO)C(C)C)n2)cc1OC. The number of alkyl halides is 3. The molecule has 1 heterocycles. The number of nitrogens with one attached hydrogen (secondary N) is 2. The number of aliphatic hydroxyl groups excluding tert-OH is 1. The van der Waals surface area contributed by atoms with Gasteiger partial charge in [0.1, 0.15) is 22.9 Å². The van der Waals surface area contributed by atoms with Gasteiger partial charge in [0.2, 0.25) is 5.95 Å². The second kappa shape index (κ2) is 11.8. The van der Waals surface area contributed by atoms with Crippen LogP contribution in [-0.2, 0) is 4.74 Å². The van der Waals surface area contributed by atoms with Gasteiger partial charge in [-0.2, -0.15) is 4.98 Å². The minimum atomic E-state index is -4.84. The van der Waals surface area contributed by atoms with E-state index < -0.39 is 18.1 Å². The molecular formula is C25H27F3N4O5. The molecule has 3 rings (SSSR count). The number of carbonyl (C=O) groups is 1. The molecule has 1 atom stereocenters. The van der Waals surface area contributed by atoms with Crippen LogP contribution in [0.3, 0.4) is 0 Å². The Bertz CT molecular complexity index is 1240. The summed E-state index contributed by atoms with van der Waals surface area (Å²) in [7, 11) is 2.67. The van der Waals surface area contributed by atoms with Gasteiger partial charge in [0.05, 0.1) is 32.6 Å². The lowest BCUT2D eigenvalue weighted by Gasteiger charge is -2.21. The Morgan fingerprint density at radius 1 is 1.08 bits per heavy atom. The molecule has 0 unspecified atom stereocenters. The first-order chi connectivity index (χ1) is 17.5. The number of hydrogen-bond acceptors (Lipinski definition) is 9. The van der Waals surface area contributed by atoms with E-state index in [2.05, 4.69) is 25.3 Å². The topological polar surface area (TPSA) is 115 Å². The highest BCUT2D eigenvalue weighted by Gasteiger charge is 2.31. The molecule has 0 saturated carbocycles. The van der Waals surface area contributed by atoms with Crippen LogP contribution in [0.15, 0.2) is 48.5 Å². The lowest BCUT2D eigenvalue weighted by Crippen LogP contribution is -2.30. The molecule has 0 aliphatic carbocycles. The van der Waals surface area contributed by atoms with Crippen molar-refractivity contribution in [3.8, 4) is 22.8 Å². The highest BCUT2D eigenvalue weighted by atomic mass is 19.4. The van der Waals surface area contributed by atoms with Gasteiger partial charge >= 0.3 is 12.3 Å². The zero-order valence-corrected chi connectivity index (χ0v) is 20.6. The first-order valence-corrected chi connectivity index (χ1v) is 11.2. The number of hydrogen-bond donors (Lipinski definition) is 3. The minimum absolute atomic E-state index is 0.0345. The minimum Gasteiger partial charge on any atom is -0.496 e. The second-order valence-corrected chi connectivity index (χ2v) is 8.25. The second-order valence-electron chi connectivity index (χ2n) is 8.25. The van der Waals surface area contributed by atoms with E-state index in [-0.39, 0.29) is 35.8 Å². The highest BCUT2D eigenvalue weighted by Crippen LogP contribution is 2.31. The van der Waals surface area contributed by atoms with Gasteiger partial charge in [0.25, 0.3) is 0 Å². The van der Waals surface area contributed by atoms with Crippen molar-refractivity contribution < 1.29 is 37.3 Å². The van der Waals surface area contributed by atoms with E-state index in [1.54, 1.807) is 24.3 Å². The summed E-state index contributed by atoms with van der Waals surface area (Å²) in [5.41, 5.74) is 1.38. The molecule has 0 fully saturated rings. The van der Waals surface area contributed by atoms with Crippen molar-refractivity contribution in [1.29, 1.82) is 0 Å². The van der Waals surface area contributed by atoms with Crippen LogP contribution in [0, 0.1) is 5.92 Å². The van der Waals surface area contributed by atoms with Gasteiger partial charge in [0, 0.05) is 23.4 Å². The molecule has 1 aromatic heterocycles. The number of aromatic nitrogens is 2. The van der Waals surface area contributed by atoms with Crippen LogP contribution in [0.2, 0.25) is 0 Å². The summed E-state index contributed by atoms with van der Waals surface area (Å²) in [6.07, 6.45) is -4.84. The van der Waals surface area contributed by atoms with Crippen LogP contribution < -0.4 is 20.1 Å². The molecule has 0 spiro atoms. The Kier molecular flexibility index (Phi) is 8.77. The summed E-state index contributed by atoms with van der Waals surface area (Å²) in [6, 6.07) is 11.3. The predicted molar refractivity (Wildman–Crippen MR) is 131 cm³/mol. The fraction of sp³-hybridized carbons (Fsp3) is 0.320. The smallest absolute Gasteiger partial charge is 0.496 e. The molecule has 0 aliphatic rings. The van der Waals surface area contributed by atoms with Crippen LogP contribution >= 0.6 is 0 Å². The number of anilines is 3. The number of methoxy groups -OCH3 is 2. The number of nitrogens with zero attached hydrogens (tertiary/aromatic N) is 2. The van der Waals surface area contributed by atoms with Crippen LogP contribution in [0.5, 0.6) is 11.5 Å². The zero-order chi connectivity index (χ0) is 27.2. The summed E-state index contributed by atoms with van der Waals surface area (Å²) in [6.45, 7) is 3.63.